The predicted octanol–water partition coefficient (Wildman–Crippen LogP) is 7.27. The van der Waals surface area contributed by atoms with Gasteiger partial charge in [0.2, 0.25) is 0 Å². The summed E-state index contributed by atoms with van der Waals surface area (Å²) in [4.78, 5) is 2.57. The number of likely N-dealkylation sites (N-methyl/N-ethyl adjacent to an activating group) is 2. The second-order valence-electron chi connectivity index (χ2n) is 12.9. The first-order chi connectivity index (χ1) is 17.7. The zero-order chi connectivity index (χ0) is 25.9. The van der Waals surface area contributed by atoms with Gasteiger partial charge in [-0.2, -0.15) is 0 Å². The van der Waals surface area contributed by atoms with Gasteiger partial charge in [-0.25, -0.2) is 4.58 Å². The highest BCUT2D eigenvalue weighted by molar-refractivity contribution is 5.97. The van der Waals surface area contributed by atoms with Gasteiger partial charge in [-0.05, 0) is 61.4 Å². The van der Waals surface area contributed by atoms with Crippen molar-refractivity contribution >= 4 is 5.71 Å². The number of nitrogens with zero attached hydrogens (tertiary/aromatic N) is 2. The van der Waals surface area contributed by atoms with Crippen molar-refractivity contribution in [3.05, 3.63) is 107 Å². The molecule has 1 saturated heterocycles. The Bertz CT molecular complexity index is 1330. The van der Waals surface area contributed by atoms with Gasteiger partial charge in [-0.1, -0.05) is 80.6 Å². The van der Waals surface area contributed by atoms with Gasteiger partial charge in [-0.15, -0.1) is 0 Å². The van der Waals surface area contributed by atoms with E-state index in [0.29, 0.717) is 23.9 Å². The summed E-state index contributed by atoms with van der Waals surface area (Å²) in [5.74, 6) is 1.12. The van der Waals surface area contributed by atoms with E-state index in [2.05, 4.69) is 130 Å². The van der Waals surface area contributed by atoms with Crippen molar-refractivity contribution in [3.63, 3.8) is 0 Å². The van der Waals surface area contributed by atoms with Crippen molar-refractivity contribution < 1.29 is 4.58 Å². The molecule has 192 valence electrons. The second kappa shape index (κ2) is 8.86. The molecule has 0 bridgehead atoms. The Morgan fingerprint density at radius 3 is 2.11 bits per heavy atom. The third-order valence-electron chi connectivity index (χ3n) is 10.3. The number of likely N-dealkylation sites (tertiary alicyclic amines) is 1. The lowest BCUT2D eigenvalue weighted by atomic mass is 9.66. The molecule has 0 N–H and O–H groups in total. The summed E-state index contributed by atoms with van der Waals surface area (Å²) < 4.78 is 2.57. The highest BCUT2D eigenvalue weighted by Crippen LogP contribution is 2.56. The number of aryl methyl sites for hydroxylation is 2. The Labute approximate surface area is 224 Å². The van der Waals surface area contributed by atoms with E-state index in [1.807, 2.05) is 0 Å². The highest BCUT2D eigenvalue weighted by Gasteiger charge is 2.55. The largest absolute Gasteiger partial charge is 0.374 e. The topological polar surface area (TPSA) is 6.25 Å². The van der Waals surface area contributed by atoms with Crippen LogP contribution in [0.15, 0.2) is 84.6 Å². The minimum Gasteiger partial charge on any atom is -0.374 e. The van der Waals surface area contributed by atoms with Gasteiger partial charge >= 0.3 is 0 Å². The van der Waals surface area contributed by atoms with Crippen LogP contribution in [0.5, 0.6) is 0 Å². The molecule has 2 aliphatic heterocycles. The maximum atomic E-state index is 2.57. The van der Waals surface area contributed by atoms with Crippen molar-refractivity contribution in [1.29, 1.82) is 0 Å². The fraction of sp³-hybridized carbons (Fsp3) is 0.457. The van der Waals surface area contributed by atoms with Crippen LogP contribution < -0.4 is 0 Å². The number of rotatable bonds is 3. The SMILES string of the molecule is CN1/C(=C/C=C/C=C/C2=[N+](C)[C@@H]3CCc4ccccc4[C@@H]3C2(C)C)C(C)(C)[C@@H]2c3ccccc3CC[C@H]21. The standard InChI is InChI=1S/C35H43N2/c1-34(2)30(36(5)28-22-20-24-14-10-12-16-26(24)32(28)34)18-8-7-9-19-31-35(3,4)33-27-17-13-11-15-25(27)21-23-29(33)37(31)6/h7-19,28-29,32-33H,20-23H2,1-6H3/q+1/t28-,29-,32-,33+/m1/s1. The third kappa shape index (κ3) is 3.70. The highest BCUT2D eigenvalue weighted by atomic mass is 15.2. The van der Waals surface area contributed by atoms with Crippen molar-refractivity contribution in [1.82, 2.24) is 4.90 Å². The van der Waals surface area contributed by atoms with Crippen LogP contribution >= 0.6 is 0 Å². The predicted molar refractivity (Wildman–Crippen MR) is 155 cm³/mol. The molecule has 1 fully saturated rings. The van der Waals surface area contributed by atoms with E-state index in [-0.39, 0.29) is 10.8 Å². The van der Waals surface area contributed by atoms with Crippen LogP contribution in [0.3, 0.4) is 0 Å². The Hall–Kier alpha value is -2.87. The minimum absolute atomic E-state index is 0.121. The quantitative estimate of drug-likeness (QED) is 0.323. The maximum absolute atomic E-state index is 2.57. The molecule has 6 rings (SSSR count). The monoisotopic (exact) mass is 491 g/mol. The van der Waals surface area contributed by atoms with Crippen LogP contribution in [0.2, 0.25) is 0 Å². The van der Waals surface area contributed by atoms with E-state index in [4.69, 9.17) is 0 Å². The summed E-state index contributed by atoms with van der Waals surface area (Å²) in [6.07, 6.45) is 16.4. The van der Waals surface area contributed by atoms with Gasteiger partial charge in [-0.3, -0.25) is 0 Å². The van der Waals surface area contributed by atoms with Crippen molar-refractivity contribution in [2.45, 2.75) is 77.3 Å². The molecule has 2 aromatic carbocycles. The zero-order valence-corrected chi connectivity index (χ0v) is 23.5. The third-order valence-corrected chi connectivity index (χ3v) is 10.3. The van der Waals surface area contributed by atoms with Crippen LogP contribution in [0.4, 0.5) is 0 Å². The van der Waals surface area contributed by atoms with Crippen LogP contribution in [0.1, 0.15) is 74.6 Å². The molecule has 37 heavy (non-hydrogen) atoms. The zero-order valence-electron chi connectivity index (χ0n) is 23.5. The molecule has 2 heterocycles. The van der Waals surface area contributed by atoms with Crippen LogP contribution in [-0.4, -0.2) is 41.4 Å². The van der Waals surface area contributed by atoms with Gasteiger partial charge in [0, 0.05) is 42.6 Å². The average molecular weight is 492 g/mol. The molecule has 2 nitrogen and oxygen atoms in total. The van der Waals surface area contributed by atoms with E-state index < -0.39 is 0 Å². The molecule has 0 amide bonds. The molecule has 4 atom stereocenters. The van der Waals surface area contributed by atoms with Crippen LogP contribution in [0, 0.1) is 10.8 Å². The van der Waals surface area contributed by atoms with Crippen molar-refractivity contribution in [2.75, 3.05) is 14.1 Å². The molecule has 0 spiro atoms. The molecule has 0 radical (unpaired) electrons. The van der Waals surface area contributed by atoms with E-state index in [1.54, 1.807) is 22.3 Å². The van der Waals surface area contributed by atoms with Gasteiger partial charge in [0.05, 0.1) is 11.3 Å². The molecule has 0 unspecified atom stereocenters. The first kappa shape index (κ1) is 24.5. The first-order valence-corrected chi connectivity index (χ1v) is 14.3. The molecule has 0 aromatic heterocycles. The number of allylic oxidation sites excluding steroid dienone is 6. The number of hydrogen-bond acceptors (Lipinski definition) is 1. The normalized spacial score (nSPS) is 30.6. The molecule has 4 aliphatic rings. The second-order valence-corrected chi connectivity index (χ2v) is 12.9. The Morgan fingerprint density at radius 1 is 0.784 bits per heavy atom. The lowest BCUT2D eigenvalue weighted by Gasteiger charge is -2.35. The lowest BCUT2D eigenvalue weighted by Crippen LogP contribution is -2.34. The Morgan fingerprint density at radius 2 is 1.41 bits per heavy atom. The summed E-state index contributed by atoms with van der Waals surface area (Å²) in [5.41, 5.74) is 9.38. The fourth-order valence-corrected chi connectivity index (χ4v) is 8.67. The van der Waals surface area contributed by atoms with E-state index in [0.717, 1.165) is 0 Å². The fourth-order valence-electron chi connectivity index (χ4n) is 8.67. The molecular formula is C35H43N2+. The summed E-state index contributed by atoms with van der Waals surface area (Å²) in [6.45, 7) is 9.77. The minimum atomic E-state index is 0.121. The van der Waals surface area contributed by atoms with E-state index in [1.165, 1.54) is 37.1 Å². The number of benzene rings is 2. The first-order valence-electron chi connectivity index (χ1n) is 14.3. The van der Waals surface area contributed by atoms with Gasteiger partial charge < -0.3 is 4.90 Å². The van der Waals surface area contributed by atoms with Gasteiger partial charge in [0.1, 0.15) is 7.05 Å². The Balaban J connectivity index is 1.24. The lowest BCUT2D eigenvalue weighted by molar-refractivity contribution is -0.533. The molecule has 2 heteroatoms. The number of hydrogen-bond donors (Lipinski definition) is 0. The molecule has 2 aliphatic carbocycles. The summed E-state index contributed by atoms with van der Waals surface area (Å²) >= 11 is 0. The number of fused-ring (bicyclic) bond motifs is 6. The summed E-state index contributed by atoms with van der Waals surface area (Å²) in [7, 11) is 4.61. The molecule has 0 saturated carbocycles. The summed E-state index contributed by atoms with van der Waals surface area (Å²) in [5, 5.41) is 0. The average Bonchev–Trinajstić information content (AvgIpc) is 3.21. The molecule has 2 aromatic rings. The van der Waals surface area contributed by atoms with Crippen LogP contribution in [-0.2, 0) is 12.8 Å². The molecular weight excluding hydrogens is 448 g/mol. The van der Waals surface area contributed by atoms with Crippen molar-refractivity contribution in [3.8, 4) is 0 Å². The smallest absolute Gasteiger partial charge is 0.182 e. The van der Waals surface area contributed by atoms with E-state index in [9.17, 15) is 0 Å². The van der Waals surface area contributed by atoms with Gasteiger partial charge in [0.15, 0.2) is 11.8 Å². The van der Waals surface area contributed by atoms with Crippen LogP contribution in [0.25, 0.3) is 0 Å². The van der Waals surface area contributed by atoms with Gasteiger partial charge in [0.25, 0.3) is 0 Å². The Kier molecular flexibility index (Phi) is 5.86. The maximum Gasteiger partial charge on any atom is 0.182 e. The summed E-state index contributed by atoms with van der Waals surface area (Å²) in [6, 6.07) is 19.4. The van der Waals surface area contributed by atoms with E-state index >= 15 is 0 Å². The van der Waals surface area contributed by atoms with Crippen molar-refractivity contribution in [2.24, 2.45) is 10.8 Å².